The Balaban J connectivity index is 1.82. The number of carbonyl (C=O) groups is 3. The number of aryl methyl sites for hydroxylation is 1. The van der Waals surface area contributed by atoms with Crippen LogP contribution in [0.5, 0.6) is 0 Å². The zero-order valence-electron chi connectivity index (χ0n) is 14.6. The second-order valence-corrected chi connectivity index (χ2v) is 5.46. The van der Waals surface area contributed by atoms with Gasteiger partial charge in [-0.15, -0.1) is 0 Å². The normalized spacial score (nSPS) is 10.0. The van der Waals surface area contributed by atoms with E-state index >= 15 is 0 Å². The molecule has 1 amide bonds. The van der Waals surface area contributed by atoms with E-state index in [-0.39, 0.29) is 18.6 Å². The Labute approximate surface area is 152 Å². The van der Waals surface area contributed by atoms with E-state index in [1.165, 1.54) is 0 Å². The maximum absolute atomic E-state index is 12.0. The summed E-state index contributed by atoms with van der Waals surface area (Å²) in [7, 11) is 0. The van der Waals surface area contributed by atoms with Gasteiger partial charge in [-0.2, -0.15) is 0 Å². The van der Waals surface area contributed by atoms with Gasteiger partial charge in [-0.25, -0.2) is 4.79 Å². The van der Waals surface area contributed by atoms with E-state index in [9.17, 15) is 14.4 Å². The lowest BCUT2D eigenvalue weighted by Crippen LogP contribution is -2.22. The molecular formula is C20H21NO5. The number of carbonyl (C=O) groups excluding carboxylic acids is 3. The van der Waals surface area contributed by atoms with Crippen LogP contribution < -0.4 is 5.32 Å². The fraction of sp³-hybridized carbons (Fsp3) is 0.250. The highest BCUT2D eigenvalue weighted by Crippen LogP contribution is 2.16. The van der Waals surface area contributed by atoms with E-state index in [4.69, 9.17) is 9.47 Å². The SMILES string of the molecule is CCOC(=O)c1ccccc1NC(=O)COC(=O)CCc1ccccc1. The number of rotatable bonds is 8. The lowest BCUT2D eigenvalue weighted by molar-refractivity contribution is -0.147. The first kappa shape index (κ1) is 19.2. The van der Waals surface area contributed by atoms with Crippen LogP contribution in [0.2, 0.25) is 0 Å². The summed E-state index contributed by atoms with van der Waals surface area (Å²) in [6.07, 6.45) is 0.740. The largest absolute Gasteiger partial charge is 0.462 e. The van der Waals surface area contributed by atoms with Crippen molar-refractivity contribution in [3.8, 4) is 0 Å². The molecule has 0 bridgehead atoms. The molecule has 6 heteroatoms. The second kappa shape index (κ2) is 9.98. The highest BCUT2D eigenvalue weighted by atomic mass is 16.5. The molecule has 0 aliphatic rings. The van der Waals surface area contributed by atoms with Gasteiger partial charge in [0.05, 0.1) is 17.9 Å². The van der Waals surface area contributed by atoms with Gasteiger partial charge in [-0.3, -0.25) is 9.59 Å². The molecule has 2 rings (SSSR count). The highest BCUT2D eigenvalue weighted by Gasteiger charge is 2.15. The molecule has 0 atom stereocenters. The van der Waals surface area contributed by atoms with Crippen LogP contribution in [-0.4, -0.2) is 31.1 Å². The Morgan fingerprint density at radius 1 is 0.923 bits per heavy atom. The highest BCUT2D eigenvalue weighted by molar-refractivity contribution is 6.01. The standard InChI is InChI=1S/C20H21NO5/c1-2-25-20(24)16-10-6-7-11-17(16)21-18(22)14-26-19(23)13-12-15-8-4-3-5-9-15/h3-11H,2,12-14H2,1H3,(H,21,22). The van der Waals surface area contributed by atoms with E-state index in [0.717, 1.165) is 5.56 Å². The predicted octanol–water partition coefficient (Wildman–Crippen LogP) is 2.98. The van der Waals surface area contributed by atoms with Crippen LogP contribution in [0.25, 0.3) is 0 Å². The summed E-state index contributed by atoms with van der Waals surface area (Å²) >= 11 is 0. The number of amides is 1. The van der Waals surface area contributed by atoms with Crippen LogP contribution in [0.4, 0.5) is 5.69 Å². The summed E-state index contributed by atoms with van der Waals surface area (Å²) in [6.45, 7) is 1.53. The number of esters is 2. The Hall–Kier alpha value is -3.15. The molecule has 0 unspecified atom stereocenters. The zero-order chi connectivity index (χ0) is 18.8. The van der Waals surface area contributed by atoms with Crippen LogP contribution >= 0.6 is 0 Å². The molecule has 1 N–H and O–H groups in total. The Morgan fingerprint density at radius 2 is 1.62 bits per heavy atom. The summed E-state index contributed by atoms with van der Waals surface area (Å²) in [6, 6.07) is 16.0. The maximum Gasteiger partial charge on any atom is 0.340 e. The Morgan fingerprint density at radius 3 is 2.35 bits per heavy atom. The average Bonchev–Trinajstić information content (AvgIpc) is 2.66. The minimum absolute atomic E-state index is 0.191. The molecule has 26 heavy (non-hydrogen) atoms. The third kappa shape index (κ3) is 6.05. The van der Waals surface area contributed by atoms with Gasteiger partial charge in [0, 0.05) is 6.42 Å². The fourth-order valence-electron chi connectivity index (χ4n) is 2.27. The third-order valence-corrected chi connectivity index (χ3v) is 3.52. The van der Waals surface area contributed by atoms with Crippen molar-refractivity contribution in [2.75, 3.05) is 18.5 Å². The molecule has 0 aromatic heterocycles. The molecule has 136 valence electrons. The summed E-state index contributed by atoms with van der Waals surface area (Å²) < 4.78 is 9.93. The van der Waals surface area contributed by atoms with Crippen molar-refractivity contribution in [2.24, 2.45) is 0 Å². The lowest BCUT2D eigenvalue weighted by Gasteiger charge is -2.10. The number of hydrogen-bond acceptors (Lipinski definition) is 5. The Kier molecular flexibility index (Phi) is 7.36. The summed E-state index contributed by atoms with van der Waals surface area (Å²) in [5, 5.41) is 2.56. The van der Waals surface area contributed by atoms with Crippen LogP contribution in [0.15, 0.2) is 54.6 Å². The van der Waals surface area contributed by atoms with Crippen LogP contribution in [0.1, 0.15) is 29.3 Å². The zero-order valence-corrected chi connectivity index (χ0v) is 14.6. The smallest absolute Gasteiger partial charge is 0.340 e. The predicted molar refractivity (Wildman–Crippen MR) is 96.8 cm³/mol. The molecule has 2 aromatic rings. The van der Waals surface area contributed by atoms with Crippen molar-refractivity contribution in [2.45, 2.75) is 19.8 Å². The van der Waals surface area contributed by atoms with Crippen molar-refractivity contribution in [3.05, 3.63) is 65.7 Å². The fourth-order valence-corrected chi connectivity index (χ4v) is 2.27. The van der Waals surface area contributed by atoms with E-state index in [0.29, 0.717) is 12.1 Å². The van der Waals surface area contributed by atoms with Gasteiger partial charge in [0.2, 0.25) is 0 Å². The molecule has 2 aromatic carbocycles. The number of anilines is 1. The first-order valence-electron chi connectivity index (χ1n) is 8.35. The van der Waals surface area contributed by atoms with Crippen LogP contribution in [-0.2, 0) is 25.5 Å². The molecule has 0 radical (unpaired) electrons. The van der Waals surface area contributed by atoms with Gasteiger partial charge in [0.25, 0.3) is 5.91 Å². The number of nitrogens with one attached hydrogen (secondary N) is 1. The number of benzene rings is 2. The van der Waals surface area contributed by atoms with Gasteiger partial charge in [-0.05, 0) is 31.0 Å². The van der Waals surface area contributed by atoms with Crippen molar-refractivity contribution in [3.63, 3.8) is 0 Å². The minimum Gasteiger partial charge on any atom is -0.462 e. The van der Waals surface area contributed by atoms with E-state index in [2.05, 4.69) is 5.32 Å². The van der Waals surface area contributed by atoms with E-state index in [1.807, 2.05) is 30.3 Å². The van der Waals surface area contributed by atoms with Crippen molar-refractivity contribution >= 4 is 23.5 Å². The van der Waals surface area contributed by atoms with Crippen LogP contribution in [0, 0.1) is 0 Å². The molecule has 0 aliphatic carbocycles. The van der Waals surface area contributed by atoms with Crippen molar-refractivity contribution < 1.29 is 23.9 Å². The number of hydrogen-bond donors (Lipinski definition) is 1. The first-order valence-corrected chi connectivity index (χ1v) is 8.35. The van der Waals surface area contributed by atoms with Gasteiger partial charge in [-0.1, -0.05) is 42.5 Å². The molecule has 0 fully saturated rings. The van der Waals surface area contributed by atoms with Gasteiger partial charge in [0.15, 0.2) is 6.61 Å². The van der Waals surface area contributed by atoms with Crippen molar-refractivity contribution in [1.82, 2.24) is 0 Å². The first-order chi connectivity index (χ1) is 12.6. The van der Waals surface area contributed by atoms with E-state index < -0.39 is 24.5 Å². The minimum atomic E-state index is -0.525. The van der Waals surface area contributed by atoms with E-state index in [1.54, 1.807) is 31.2 Å². The topological polar surface area (TPSA) is 81.7 Å². The summed E-state index contributed by atoms with van der Waals surface area (Å²) in [4.78, 5) is 35.6. The van der Waals surface area contributed by atoms with Gasteiger partial charge >= 0.3 is 11.9 Å². The molecule has 0 saturated heterocycles. The van der Waals surface area contributed by atoms with Gasteiger partial charge in [0.1, 0.15) is 0 Å². The second-order valence-electron chi connectivity index (χ2n) is 5.46. The van der Waals surface area contributed by atoms with Crippen molar-refractivity contribution in [1.29, 1.82) is 0 Å². The molecule has 6 nitrogen and oxygen atoms in total. The molecule has 0 aliphatic heterocycles. The molecular weight excluding hydrogens is 334 g/mol. The molecule has 0 heterocycles. The average molecular weight is 355 g/mol. The molecule has 0 saturated carbocycles. The monoisotopic (exact) mass is 355 g/mol. The van der Waals surface area contributed by atoms with Gasteiger partial charge < -0.3 is 14.8 Å². The molecule has 0 spiro atoms. The third-order valence-electron chi connectivity index (χ3n) is 3.52. The maximum atomic E-state index is 12.0. The summed E-state index contributed by atoms with van der Waals surface area (Å²) in [5.74, 6) is -1.50. The Bertz CT molecular complexity index is 758. The number of ether oxygens (including phenoxy) is 2. The van der Waals surface area contributed by atoms with Crippen LogP contribution in [0.3, 0.4) is 0 Å². The lowest BCUT2D eigenvalue weighted by atomic mass is 10.1. The quantitative estimate of drug-likeness (QED) is 0.736. The number of para-hydroxylation sites is 1. The summed E-state index contributed by atoms with van der Waals surface area (Å²) in [5.41, 5.74) is 1.59.